The molecule has 1 fully saturated rings. The third-order valence-corrected chi connectivity index (χ3v) is 3.08. The van der Waals surface area contributed by atoms with Crippen LogP contribution in [0.15, 0.2) is 0 Å². The Kier molecular flexibility index (Phi) is 5.34. The number of hydrogen-bond acceptors (Lipinski definition) is 6. The number of carbonyl (C=O) groups excluding carboxylic acids is 3. The molecule has 1 saturated carbocycles. The second-order valence-electron chi connectivity index (χ2n) is 7.80. The van der Waals surface area contributed by atoms with Crippen LogP contribution < -0.4 is 5.32 Å². The van der Waals surface area contributed by atoms with Gasteiger partial charge in [0, 0.05) is 12.8 Å². The predicted octanol–water partition coefficient (Wildman–Crippen LogP) is 2.17. The summed E-state index contributed by atoms with van der Waals surface area (Å²) in [5.41, 5.74) is -2.57. The lowest BCUT2D eigenvalue weighted by Crippen LogP contribution is -2.49. The Hall–Kier alpha value is -1.79. The van der Waals surface area contributed by atoms with Gasteiger partial charge in [-0.1, -0.05) is 0 Å². The number of nitrogens with one attached hydrogen (secondary N) is 1. The van der Waals surface area contributed by atoms with Crippen LogP contribution in [0, 0.1) is 5.92 Å². The average molecular weight is 329 g/mol. The van der Waals surface area contributed by atoms with Crippen LogP contribution in [0.2, 0.25) is 0 Å². The van der Waals surface area contributed by atoms with Crippen LogP contribution in [-0.4, -0.2) is 41.4 Å². The van der Waals surface area contributed by atoms with E-state index in [1.807, 2.05) is 0 Å². The molecule has 2 atom stereocenters. The molecule has 0 spiro atoms. The van der Waals surface area contributed by atoms with Gasteiger partial charge < -0.3 is 19.5 Å². The Morgan fingerprint density at radius 1 is 1.04 bits per heavy atom. The van der Waals surface area contributed by atoms with Crippen molar-refractivity contribution in [3.63, 3.8) is 0 Å². The summed E-state index contributed by atoms with van der Waals surface area (Å²) in [5.74, 6) is -1.31. The number of amides is 1. The minimum atomic E-state index is -1.20. The molecule has 0 heterocycles. The SMILES string of the molecule is CC(=O)OCC1CC1(NC(=O)OC(C)(C)C)C(=O)OC(C)(C)C. The van der Waals surface area contributed by atoms with Gasteiger partial charge in [0.2, 0.25) is 0 Å². The summed E-state index contributed by atoms with van der Waals surface area (Å²) in [6.45, 7) is 11.8. The Morgan fingerprint density at radius 3 is 2.00 bits per heavy atom. The number of hydrogen-bond donors (Lipinski definition) is 1. The molecule has 1 rings (SSSR count). The van der Waals surface area contributed by atoms with Crippen molar-refractivity contribution in [2.45, 2.75) is 71.6 Å². The average Bonchev–Trinajstić information content (AvgIpc) is 2.96. The zero-order valence-electron chi connectivity index (χ0n) is 14.9. The second kappa shape index (κ2) is 6.37. The van der Waals surface area contributed by atoms with Crippen molar-refractivity contribution < 1.29 is 28.6 Å². The normalized spacial score (nSPS) is 23.7. The standard InChI is InChI=1S/C16H27NO6/c1-10(18)21-9-11-8-16(11,12(19)22-14(2,3)4)17-13(20)23-15(5,6)7/h11H,8-9H2,1-7H3,(H,17,20). The highest BCUT2D eigenvalue weighted by Crippen LogP contribution is 2.45. The van der Waals surface area contributed by atoms with Gasteiger partial charge in [-0.15, -0.1) is 0 Å². The lowest BCUT2D eigenvalue weighted by Gasteiger charge is -2.27. The van der Waals surface area contributed by atoms with Gasteiger partial charge >= 0.3 is 18.0 Å². The van der Waals surface area contributed by atoms with Crippen molar-refractivity contribution in [3.8, 4) is 0 Å². The van der Waals surface area contributed by atoms with Crippen LogP contribution in [-0.2, 0) is 23.8 Å². The Balaban J connectivity index is 2.81. The van der Waals surface area contributed by atoms with E-state index in [9.17, 15) is 14.4 Å². The Labute approximate surface area is 137 Å². The van der Waals surface area contributed by atoms with Crippen LogP contribution in [0.3, 0.4) is 0 Å². The maximum atomic E-state index is 12.5. The fourth-order valence-corrected chi connectivity index (χ4v) is 2.06. The predicted molar refractivity (Wildman–Crippen MR) is 82.7 cm³/mol. The molecule has 0 radical (unpaired) electrons. The van der Waals surface area contributed by atoms with Gasteiger partial charge in [0.05, 0.1) is 6.61 Å². The van der Waals surface area contributed by atoms with E-state index in [-0.39, 0.29) is 12.5 Å². The molecule has 0 aromatic heterocycles. The summed E-state index contributed by atoms with van der Waals surface area (Å²) in [4.78, 5) is 35.4. The van der Waals surface area contributed by atoms with Crippen molar-refractivity contribution in [2.75, 3.05) is 6.61 Å². The van der Waals surface area contributed by atoms with Gasteiger partial charge in [0.15, 0.2) is 0 Å². The molecule has 132 valence electrons. The molecule has 0 aromatic carbocycles. The summed E-state index contributed by atoms with van der Waals surface area (Å²) in [7, 11) is 0. The molecule has 7 nitrogen and oxygen atoms in total. The van der Waals surface area contributed by atoms with E-state index in [1.54, 1.807) is 41.5 Å². The molecule has 0 aliphatic heterocycles. The van der Waals surface area contributed by atoms with Crippen molar-refractivity contribution >= 4 is 18.0 Å². The number of ether oxygens (including phenoxy) is 3. The van der Waals surface area contributed by atoms with E-state index in [0.29, 0.717) is 6.42 Å². The number of rotatable bonds is 4. The third kappa shape index (κ3) is 6.08. The van der Waals surface area contributed by atoms with Gasteiger partial charge in [-0.25, -0.2) is 9.59 Å². The van der Waals surface area contributed by atoms with Gasteiger partial charge in [-0.3, -0.25) is 4.79 Å². The van der Waals surface area contributed by atoms with Gasteiger partial charge in [0.25, 0.3) is 0 Å². The van der Waals surface area contributed by atoms with E-state index < -0.39 is 34.8 Å². The summed E-state index contributed by atoms with van der Waals surface area (Å²) in [5, 5.41) is 2.59. The van der Waals surface area contributed by atoms with Crippen molar-refractivity contribution in [1.82, 2.24) is 5.32 Å². The van der Waals surface area contributed by atoms with Crippen LogP contribution in [0.25, 0.3) is 0 Å². The fraction of sp³-hybridized carbons (Fsp3) is 0.812. The molecule has 0 saturated heterocycles. The first kappa shape index (κ1) is 19.3. The highest BCUT2D eigenvalue weighted by atomic mass is 16.6. The number of alkyl carbamates (subject to hydrolysis) is 1. The van der Waals surface area contributed by atoms with E-state index in [4.69, 9.17) is 14.2 Å². The smallest absolute Gasteiger partial charge is 0.408 e. The molecule has 1 aliphatic rings. The van der Waals surface area contributed by atoms with E-state index in [1.165, 1.54) is 6.92 Å². The molecular formula is C16H27NO6. The highest BCUT2D eigenvalue weighted by molar-refractivity contribution is 5.90. The minimum Gasteiger partial charge on any atom is -0.465 e. The summed E-state index contributed by atoms with van der Waals surface area (Å²) in [6.07, 6.45) is -0.359. The fourth-order valence-electron chi connectivity index (χ4n) is 2.06. The summed E-state index contributed by atoms with van der Waals surface area (Å²) in [6, 6.07) is 0. The second-order valence-corrected chi connectivity index (χ2v) is 7.80. The first-order valence-electron chi connectivity index (χ1n) is 7.63. The van der Waals surface area contributed by atoms with Crippen LogP contribution >= 0.6 is 0 Å². The monoisotopic (exact) mass is 329 g/mol. The maximum Gasteiger partial charge on any atom is 0.408 e. The zero-order chi connectivity index (χ0) is 18.1. The third-order valence-electron chi connectivity index (χ3n) is 3.08. The van der Waals surface area contributed by atoms with Crippen LogP contribution in [0.4, 0.5) is 4.79 Å². The lowest BCUT2D eigenvalue weighted by atomic mass is 10.1. The topological polar surface area (TPSA) is 90.9 Å². The first-order valence-corrected chi connectivity index (χ1v) is 7.63. The zero-order valence-corrected chi connectivity index (χ0v) is 14.9. The summed E-state index contributed by atoms with van der Waals surface area (Å²) >= 11 is 0. The quantitative estimate of drug-likeness (QED) is 0.628. The van der Waals surface area contributed by atoms with Crippen molar-refractivity contribution in [3.05, 3.63) is 0 Å². The maximum absolute atomic E-state index is 12.5. The van der Waals surface area contributed by atoms with Gasteiger partial charge in [0.1, 0.15) is 16.7 Å². The van der Waals surface area contributed by atoms with Crippen molar-refractivity contribution in [1.29, 1.82) is 0 Å². The molecule has 23 heavy (non-hydrogen) atoms. The van der Waals surface area contributed by atoms with Gasteiger partial charge in [-0.2, -0.15) is 0 Å². The summed E-state index contributed by atoms with van der Waals surface area (Å²) < 4.78 is 15.5. The number of carbonyl (C=O) groups is 3. The van der Waals surface area contributed by atoms with Gasteiger partial charge in [-0.05, 0) is 48.0 Å². The molecule has 2 unspecified atom stereocenters. The van der Waals surface area contributed by atoms with Crippen LogP contribution in [0.5, 0.6) is 0 Å². The molecule has 1 amide bonds. The molecule has 1 aliphatic carbocycles. The Morgan fingerprint density at radius 2 is 1.57 bits per heavy atom. The molecule has 0 bridgehead atoms. The molecule has 1 N–H and O–H groups in total. The Bertz CT molecular complexity index is 488. The van der Waals surface area contributed by atoms with E-state index in [0.717, 1.165) is 0 Å². The van der Waals surface area contributed by atoms with Crippen molar-refractivity contribution in [2.24, 2.45) is 5.92 Å². The first-order chi connectivity index (χ1) is 10.3. The van der Waals surface area contributed by atoms with Crippen LogP contribution in [0.1, 0.15) is 54.9 Å². The minimum absolute atomic E-state index is 0.0460. The molecular weight excluding hydrogens is 302 g/mol. The molecule has 0 aromatic rings. The largest absolute Gasteiger partial charge is 0.465 e. The highest BCUT2D eigenvalue weighted by Gasteiger charge is 2.64. The van der Waals surface area contributed by atoms with E-state index in [2.05, 4.69) is 5.32 Å². The van der Waals surface area contributed by atoms with E-state index >= 15 is 0 Å². The lowest BCUT2D eigenvalue weighted by molar-refractivity contribution is -0.160. The number of esters is 2. The molecule has 7 heteroatoms.